The van der Waals surface area contributed by atoms with Gasteiger partial charge in [0.1, 0.15) is 11.9 Å². The molecule has 2 nitrogen and oxygen atoms in total. The van der Waals surface area contributed by atoms with E-state index in [1.165, 1.54) is 0 Å². The van der Waals surface area contributed by atoms with Crippen molar-refractivity contribution in [2.75, 3.05) is 0 Å². The molecule has 92 valence electrons. The zero-order valence-corrected chi connectivity index (χ0v) is 10.8. The number of rotatable bonds is 0. The minimum absolute atomic E-state index is 0.102. The molecule has 0 spiro atoms. The highest BCUT2D eigenvalue weighted by Gasteiger charge is 2.39. The van der Waals surface area contributed by atoms with Crippen LogP contribution in [0.3, 0.4) is 0 Å². The van der Waals surface area contributed by atoms with E-state index in [2.05, 4.69) is 0 Å². The van der Waals surface area contributed by atoms with E-state index in [0.717, 1.165) is 31.2 Å². The molecule has 0 saturated heterocycles. The first kappa shape index (κ1) is 11.6. The first-order chi connectivity index (χ1) is 8.16. The molecule has 0 aromatic heterocycles. The maximum absolute atomic E-state index is 10.4. The van der Waals surface area contributed by atoms with Gasteiger partial charge in [0, 0.05) is 16.5 Å². The zero-order valence-electron chi connectivity index (χ0n) is 9.33. The van der Waals surface area contributed by atoms with Crippen LogP contribution in [0.15, 0.2) is 12.1 Å². The number of ether oxygens (including phenoxy) is 1. The number of aliphatic hydroxyl groups excluding tert-OH is 1. The van der Waals surface area contributed by atoms with Gasteiger partial charge in [-0.25, -0.2) is 0 Å². The minimum Gasteiger partial charge on any atom is -0.488 e. The van der Waals surface area contributed by atoms with E-state index in [4.69, 9.17) is 27.9 Å². The molecule has 3 atom stereocenters. The Balaban J connectivity index is 2.05. The highest BCUT2D eigenvalue weighted by Crippen LogP contribution is 2.47. The monoisotopic (exact) mass is 272 g/mol. The van der Waals surface area contributed by atoms with Gasteiger partial charge in [-0.2, -0.15) is 0 Å². The Morgan fingerprint density at radius 2 is 1.94 bits per heavy atom. The van der Waals surface area contributed by atoms with E-state index >= 15 is 0 Å². The minimum atomic E-state index is -0.500. The van der Waals surface area contributed by atoms with Crippen LogP contribution in [-0.4, -0.2) is 11.2 Å². The van der Waals surface area contributed by atoms with Crippen molar-refractivity contribution in [3.05, 3.63) is 27.7 Å². The Morgan fingerprint density at radius 3 is 2.76 bits per heavy atom. The van der Waals surface area contributed by atoms with Gasteiger partial charge in [0.05, 0.1) is 11.1 Å². The number of hydrogen-bond donors (Lipinski definition) is 1. The van der Waals surface area contributed by atoms with Crippen molar-refractivity contribution in [1.82, 2.24) is 0 Å². The van der Waals surface area contributed by atoms with Crippen molar-refractivity contribution in [3.63, 3.8) is 0 Å². The summed E-state index contributed by atoms with van der Waals surface area (Å²) >= 11 is 12.1. The van der Waals surface area contributed by atoms with Crippen molar-refractivity contribution >= 4 is 23.2 Å². The molecule has 4 heteroatoms. The van der Waals surface area contributed by atoms with Crippen LogP contribution >= 0.6 is 23.2 Å². The number of aliphatic hydroxyl groups is 1. The van der Waals surface area contributed by atoms with Crippen LogP contribution in [0.5, 0.6) is 5.75 Å². The van der Waals surface area contributed by atoms with Crippen LogP contribution in [0.4, 0.5) is 0 Å². The molecule has 1 N–H and O–H groups in total. The molecule has 1 aliphatic heterocycles. The maximum Gasteiger partial charge on any atom is 0.144 e. The lowest BCUT2D eigenvalue weighted by molar-refractivity contribution is -0.0230. The highest BCUT2D eigenvalue weighted by molar-refractivity contribution is 6.35. The summed E-state index contributed by atoms with van der Waals surface area (Å²) in [4.78, 5) is 0. The van der Waals surface area contributed by atoms with Crippen molar-refractivity contribution in [1.29, 1.82) is 0 Å². The summed E-state index contributed by atoms with van der Waals surface area (Å²) in [6.45, 7) is 0. The van der Waals surface area contributed by atoms with Gasteiger partial charge in [-0.3, -0.25) is 0 Å². The third kappa shape index (κ3) is 1.92. The largest absolute Gasteiger partial charge is 0.488 e. The van der Waals surface area contributed by atoms with Gasteiger partial charge in [0.25, 0.3) is 0 Å². The lowest BCUT2D eigenvalue weighted by Gasteiger charge is -2.40. The van der Waals surface area contributed by atoms with Crippen LogP contribution in [0, 0.1) is 5.92 Å². The number of halogens is 2. The molecule has 0 radical (unpaired) electrons. The van der Waals surface area contributed by atoms with E-state index in [9.17, 15) is 5.11 Å². The molecule has 1 aliphatic carbocycles. The maximum atomic E-state index is 10.4. The van der Waals surface area contributed by atoms with Gasteiger partial charge >= 0.3 is 0 Å². The zero-order chi connectivity index (χ0) is 12.0. The summed E-state index contributed by atoms with van der Waals surface area (Å²) < 4.78 is 5.94. The second-order valence-electron chi connectivity index (χ2n) is 4.86. The molecule has 2 aliphatic rings. The van der Waals surface area contributed by atoms with Crippen molar-refractivity contribution < 1.29 is 9.84 Å². The molecule has 0 bridgehead atoms. The summed E-state index contributed by atoms with van der Waals surface area (Å²) in [5.74, 6) is 0.803. The Morgan fingerprint density at radius 1 is 1.18 bits per heavy atom. The summed E-state index contributed by atoms with van der Waals surface area (Å²) in [5.41, 5.74) is 0.741. The van der Waals surface area contributed by atoms with Gasteiger partial charge in [-0.1, -0.05) is 29.6 Å². The van der Waals surface area contributed by atoms with E-state index < -0.39 is 6.10 Å². The number of benzene rings is 1. The third-order valence-electron chi connectivity index (χ3n) is 3.78. The normalized spacial score (nSPS) is 31.4. The molecular formula is C13H14Cl2O2. The predicted octanol–water partition coefficient (Wildman–Crippen LogP) is 3.98. The van der Waals surface area contributed by atoms with Crippen molar-refractivity contribution in [3.8, 4) is 5.75 Å². The van der Waals surface area contributed by atoms with E-state index in [1.807, 2.05) is 0 Å². The van der Waals surface area contributed by atoms with Crippen LogP contribution in [0.1, 0.15) is 37.4 Å². The number of fused-ring (bicyclic) bond motifs is 2. The van der Waals surface area contributed by atoms with Gasteiger partial charge in [0.2, 0.25) is 0 Å². The molecule has 0 unspecified atom stereocenters. The number of hydrogen-bond acceptors (Lipinski definition) is 2. The summed E-state index contributed by atoms with van der Waals surface area (Å²) in [6.07, 6.45) is 3.93. The smallest absolute Gasteiger partial charge is 0.144 e. The highest BCUT2D eigenvalue weighted by atomic mass is 35.5. The SMILES string of the molecule is O[C@@H]1c2cc(Cl)cc(Cl)c2O[C@H]2CCCC[C@@H]21. The lowest BCUT2D eigenvalue weighted by atomic mass is 9.78. The summed E-state index contributed by atoms with van der Waals surface area (Å²) in [6, 6.07) is 3.43. The first-order valence-corrected chi connectivity index (χ1v) is 6.76. The summed E-state index contributed by atoms with van der Waals surface area (Å²) in [7, 11) is 0. The molecular weight excluding hydrogens is 259 g/mol. The van der Waals surface area contributed by atoms with E-state index in [0.29, 0.717) is 15.8 Å². The standard InChI is InChI=1S/C13H14Cl2O2/c14-7-5-9-12(16)8-3-1-2-4-11(8)17-13(9)10(15)6-7/h5-6,8,11-12,16H,1-4H2/t8-,11-,12-/m0/s1. The van der Waals surface area contributed by atoms with Gasteiger partial charge in [0.15, 0.2) is 0 Å². The molecule has 1 heterocycles. The van der Waals surface area contributed by atoms with Crippen LogP contribution in [0.2, 0.25) is 10.0 Å². The Kier molecular flexibility index (Phi) is 2.97. The predicted molar refractivity (Wildman–Crippen MR) is 67.8 cm³/mol. The average Bonchev–Trinajstić information content (AvgIpc) is 2.31. The summed E-state index contributed by atoms with van der Waals surface area (Å²) in [5, 5.41) is 11.5. The Bertz CT molecular complexity index is 447. The van der Waals surface area contributed by atoms with Crippen LogP contribution in [-0.2, 0) is 0 Å². The van der Waals surface area contributed by atoms with Gasteiger partial charge in [-0.05, 0) is 31.4 Å². The molecule has 1 aromatic rings. The average molecular weight is 273 g/mol. The fraction of sp³-hybridized carbons (Fsp3) is 0.538. The molecule has 1 fully saturated rings. The first-order valence-electron chi connectivity index (χ1n) is 6.00. The quantitative estimate of drug-likeness (QED) is 0.774. The Hall–Kier alpha value is -0.440. The molecule has 1 saturated carbocycles. The van der Waals surface area contributed by atoms with E-state index in [1.54, 1.807) is 12.1 Å². The Labute approximate surface area is 110 Å². The molecule has 17 heavy (non-hydrogen) atoms. The van der Waals surface area contributed by atoms with Crippen LogP contribution in [0.25, 0.3) is 0 Å². The molecule has 3 rings (SSSR count). The second kappa shape index (κ2) is 4.34. The van der Waals surface area contributed by atoms with E-state index in [-0.39, 0.29) is 12.0 Å². The fourth-order valence-corrected chi connectivity index (χ4v) is 3.49. The molecule has 1 aromatic carbocycles. The third-order valence-corrected chi connectivity index (χ3v) is 4.28. The van der Waals surface area contributed by atoms with Crippen molar-refractivity contribution in [2.45, 2.75) is 37.9 Å². The molecule has 0 amide bonds. The topological polar surface area (TPSA) is 29.5 Å². The fourth-order valence-electron chi connectivity index (χ4n) is 2.94. The van der Waals surface area contributed by atoms with Crippen LogP contribution < -0.4 is 4.74 Å². The lowest BCUT2D eigenvalue weighted by Crippen LogP contribution is -2.38. The van der Waals surface area contributed by atoms with Crippen molar-refractivity contribution in [2.24, 2.45) is 5.92 Å². The van der Waals surface area contributed by atoms with Gasteiger partial charge < -0.3 is 9.84 Å². The second-order valence-corrected chi connectivity index (χ2v) is 5.70. The van der Waals surface area contributed by atoms with Gasteiger partial charge in [-0.15, -0.1) is 0 Å².